The first-order chi connectivity index (χ1) is 10.1. The van der Waals surface area contributed by atoms with Gasteiger partial charge >= 0.3 is 0 Å². The van der Waals surface area contributed by atoms with Crippen LogP contribution in [0.15, 0.2) is 42.7 Å². The molecule has 0 amide bonds. The maximum absolute atomic E-state index is 10.5. The highest BCUT2D eigenvalue weighted by Gasteiger charge is 2.12. The van der Waals surface area contributed by atoms with Gasteiger partial charge in [-0.05, 0) is 29.5 Å². The molecule has 1 aromatic carbocycles. The van der Waals surface area contributed by atoms with E-state index in [9.17, 15) is 5.11 Å². The van der Waals surface area contributed by atoms with E-state index in [1.807, 2.05) is 18.2 Å². The number of pyridine rings is 1. The second kappa shape index (κ2) is 7.23. The van der Waals surface area contributed by atoms with Crippen LogP contribution < -0.4 is 4.74 Å². The molecule has 0 aliphatic rings. The molecule has 1 heterocycles. The Morgan fingerprint density at radius 2 is 1.71 bits per heavy atom. The first-order valence-electron chi connectivity index (χ1n) is 7.47. The highest BCUT2D eigenvalue weighted by molar-refractivity contribution is 5.34. The minimum Gasteiger partial charge on any atom is -0.492 e. The van der Waals surface area contributed by atoms with Crippen LogP contribution in [0.5, 0.6) is 5.75 Å². The van der Waals surface area contributed by atoms with Crippen molar-refractivity contribution < 1.29 is 9.84 Å². The van der Waals surface area contributed by atoms with Crippen molar-refractivity contribution in [2.75, 3.05) is 6.61 Å². The first-order valence-corrected chi connectivity index (χ1v) is 7.47. The van der Waals surface area contributed by atoms with Crippen molar-refractivity contribution in [1.82, 2.24) is 4.98 Å². The molecule has 0 aliphatic heterocycles. The zero-order valence-electron chi connectivity index (χ0n) is 12.9. The lowest BCUT2D eigenvalue weighted by Crippen LogP contribution is -2.02. The van der Waals surface area contributed by atoms with Gasteiger partial charge in [-0.1, -0.05) is 45.0 Å². The second-order valence-corrected chi connectivity index (χ2v) is 5.53. The molecule has 1 aromatic heterocycles. The smallest absolute Gasteiger partial charge is 0.137 e. The number of nitrogens with zero attached hydrogens (tertiary/aromatic N) is 1. The molecular formula is C18H23NO2. The Morgan fingerprint density at radius 1 is 1.05 bits per heavy atom. The number of ether oxygens (including phenoxy) is 1. The number of aliphatic hydroxyl groups excluding tert-OH is 1. The van der Waals surface area contributed by atoms with Crippen molar-refractivity contribution in [2.45, 2.75) is 39.2 Å². The molecule has 112 valence electrons. The van der Waals surface area contributed by atoms with E-state index >= 15 is 0 Å². The lowest BCUT2D eigenvalue weighted by atomic mass is 9.98. The lowest BCUT2D eigenvalue weighted by molar-refractivity contribution is 0.218. The normalized spacial score (nSPS) is 12.4. The van der Waals surface area contributed by atoms with E-state index < -0.39 is 6.10 Å². The van der Waals surface area contributed by atoms with E-state index in [2.05, 4.69) is 37.9 Å². The summed E-state index contributed by atoms with van der Waals surface area (Å²) in [6.45, 7) is 7.03. The van der Waals surface area contributed by atoms with Gasteiger partial charge in [-0.25, -0.2) is 0 Å². The molecule has 21 heavy (non-hydrogen) atoms. The van der Waals surface area contributed by atoms with E-state index in [1.165, 1.54) is 5.56 Å². The largest absolute Gasteiger partial charge is 0.492 e. The number of hydrogen-bond acceptors (Lipinski definition) is 3. The quantitative estimate of drug-likeness (QED) is 0.869. The summed E-state index contributed by atoms with van der Waals surface area (Å²) < 4.78 is 5.56. The van der Waals surface area contributed by atoms with Crippen LogP contribution in [0, 0.1) is 0 Å². The Hall–Kier alpha value is -1.87. The van der Waals surface area contributed by atoms with Crippen molar-refractivity contribution in [2.24, 2.45) is 0 Å². The Kier molecular flexibility index (Phi) is 5.34. The zero-order valence-corrected chi connectivity index (χ0v) is 12.9. The Labute approximate surface area is 126 Å². The topological polar surface area (TPSA) is 42.4 Å². The third kappa shape index (κ3) is 4.05. The monoisotopic (exact) mass is 285 g/mol. The second-order valence-electron chi connectivity index (χ2n) is 5.53. The van der Waals surface area contributed by atoms with Gasteiger partial charge in [0.25, 0.3) is 0 Å². The Balaban J connectivity index is 2.16. The third-order valence-corrected chi connectivity index (χ3v) is 3.44. The zero-order chi connectivity index (χ0) is 15.2. The molecule has 1 unspecified atom stereocenters. The van der Waals surface area contributed by atoms with Crippen molar-refractivity contribution in [3.63, 3.8) is 0 Å². The fourth-order valence-electron chi connectivity index (χ4n) is 2.14. The number of aliphatic hydroxyl groups is 1. The van der Waals surface area contributed by atoms with Crippen LogP contribution >= 0.6 is 0 Å². The van der Waals surface area contributed by atoms with Gasteiger partial charge in [0, 0.05) is 11.8 Å². The molecule has 0 aliphatic carbocycles. The highest BCUT2D eigenvalue weighted by Crippen LogP contribution is 2.25. The van der Waals surface area contributed by atoms with Crippen LogP contribution in [0.2, 0.25) is 0 Å². The molecule has 3 heteroatoms. The van der Waals surface area contributed by atoms with Crippen LogP contribution in [-0.4, -0.2) is 16.7 Å². The Bertz CT molecular complexity index is 564. The molecule has 2 aromatic rings. The minimum atomic E-state index is -0.677. The van der Waals surface area contributed by atoms with Gasteiger partial charge in [0.15, 0.2) is 0 Å². The predicted molar refractivity (Wildman–Crippen MR) is 84.6 cm³/mol. The summed E-state index contributed by atoms with van der Waals surface area (Å²) in [4.78, 5) is 4.14. The molecule has 0 saturated heterocycles. The lowest BCUT2D eigenvalue weighted by Gasteiger charge is -2.14. The molecule has 3 nitrogen and oxygen atoms in total. The van der Waals surface area contributed by atoms with Crippen molar-refractivity contribution in [3.8, 4) is 5.75 Å². The number of benzene rings is 1. The predicted octanol–water partition coefficient (Wildman–Crippen LogP) is 4.08. The van der Waals surface area contributed by atoms with Crippen LogP contribution in [0.25, 0.3) is 0 Å². The fourth-order valence-corrected chi connectivity index (χ4v) is 2.14. The number of hydrogen-bond donors (Lipinski definition) is 1. The van der Waals surface area contributed by atoms with Gasteiger partial charge in [-0.2, -0.15) is 0 Å². The summed E-state index contributed by atoms with van der Waals surface area (Å²) in [7, 11) is 0. The average Bonchev–Trinajstić information content (AvgIpc) is 2.52. The van der Waals surface area contributed by atoms with Crippen LogP contribution in [0.3, 0.4) is 0 Å². The summed E-state index contributed by atoms with van der Waals surface area (Å²) >= 11 is 0. The standard InChI is InChI=1S/C18H23NO2/c1-4-9-21-17-10-16(11-19-12-17)18(20)15-7-5-14(6-8-15)13(2)3/h5-8,10-13,18,20H,4,9H2,1-3H3. The van der Waals surface area contributed by atoms with E-state index in [4.69, 9.17) is 4.74 Å². The van der Waals surface area contributed by atoms with Crippen LogP contribution in [-0.2, 0) is 0 Å². The maximum atomic E-state index is 10.5. The highest BCUT2D eigenvalue weighted by atomic mass is 16.5. The van der Waals surface area contributed by atoms with Gasteiger partial charge in [0.1, 0.15) is 11.9 Å². The molecule has 0 bridgehead atoms. The number of aromatic nitrogens is 1. The van der Waals surface area contributed by atoms with Gasteiger partial charge < -0.3 is 9.84 Å². The van der Waals surface area contributed by atoms with Gasteiger partial charge in [0.05, 0.1) is 12.8 Å². The Morgan fingerprint density at radius 3 is 2.33 bits per heavy atom. The van der Waals surface area contributed by atoms with Crippen molar-refractivity contribution in [1.29, 1.82) is 0 Å². The summed E-state index contributed by atoms with van der Waals surface area (Å²) in [5.41, 5.74) is 2.89. The molecular weight excluding hydrogens is 262 g/mol. The molecule has 1 N–H and O–H groups in total. The van der Waals surface area contributed by atoms with Crippen molar-refractivity contribution in [3.05, 3.63) is 59.4 Å². The molecule has 2 rings (SSSR count). The molecule has 0 spiro atoms. The summed E-state index contributed by atoms with van der Waals surface area (Å²) in [5.74, 6) is 1.19. The van der Waals surface area contributed by atoms with Gasteiger partial charge in [0.2, 0.25) is 0 Å². The van der Waals surface area contributed by atoms with E-state index in [0.717, 1.165) is 17.5 Å². The fraction of sp³-hybridized carbons (Fsp3) is 0.389. The first kappa shape index (κ1) is 15.5. The van der Waals surface area contributed by atoms with Crippen LogP contribution in [0.1, 0.15) is 55.9 Å². The van der Waals surface area contributed by atoms with Crippen LogP contribution in [0.4, 0.5) is 0 Å². The van der Waals surface area contributed by atoms with E-state index in [1.54, 1.807) is 12.4 Å². The van der Waals surface area contributed by atoms with Gasteiger partial charge in [-0.3, -0.25) is 4.98 Å². The van der Waals surface area contributed by atoms with E-state index in [0.29, 0.717) is 18.3 Å². The molecule has 1 atom stereocenters. The van der Waals surface area contributed by atoms with Crippen molar-refractivity contribution >= 4 is 0 Å². The summed E-state index contributed by atoms with van der Waals surface area (Å²) in [6, 6.07) is 9.92. The maximum Gasteiger partial charge on any atom is 0.137 e. The van der Waals surface area contributed by atoms with Gasteiger partial charge in [-0.15, -0.1) is 0 Å². The SMILES string of the molecule is CCCOc1cncc(C(O)c2ccc(C(C)C)cc2)c1. The molecule has 0 radical (unpaired) electrons. The molecule has 0 saturated carbocycles. The third-order valence-electron chi connectivity index (χ3n) is 3.44. The minimum absolute atomic E-state index is 0.489. The van der Waals surface area contributed by atoms with E-state index in [-0.39, 0.29) is 0 Å². The summed E-state index contributed by atoms with van der Waals surface area (Å²) in [6.07, 6.45) is 3.63. The number of rotatable bonds is 6. The average molecular weight is 285 g/mol. The molecule has 0 fully saturated rings. The summed E-state index contributed by atoms with van der Waals surface area (Å²) in [5, 5.41) is 10.5.